The number of benzene rings is 1. The number of amides is 1. The summed E-state index contributed by atoms with van der Waals surface area (Å²) in [6.45, 7) is 6.67. The number of nitrogens with zero attached hydrogens (tertiary/aromatic N) is 1. The first-order valence-electron chi connectivity index (χ1n) is 8.23. The van der Waals surface area contributed by atoms with Gasteiger partial charge in [0.2, 0.25) is 0 Å². The Labute approximate surface area is 146 Å². The Bertz CT molecular complexity index is 564. The SMILES string of the molecule is CCC[C@@H](c1ccc(C(F)(F)F)cc1)[C@@H](CO)N(C(=O)O)C(C)(C)C. The fourth-order valence-corrected chi connectivity index (χ4v) is 3.13. The summed E-state index contributed by atoms with van der Waals surface area (Å²) in [5.74, 6) is -0.396. The van der Waals surface area contributed by atoms with Gasteiger partial charge in [0, 0.05) is 11.5 Å². The van der Waals surface area contributed by atoms with Crippen molar-refractivity contribution in [3.05, 3.63) is 35.4 Å². The van der Waals surface area contributed by atoms with Crippen LogP contribution in [0.15, 0.2) is 24.3 Å². The Morgan fingerprint density at radius 1 is 1.16 bits per heavy atom. The molecule has 0 aromatic heterocycles. The molecule has 0 saturated heterocycles. The van der Waals surface area contributed by atoms with Crippen LogP contribution < -0.4 is 0 Å². The summed E-state index contributed by atoms with van der Waals surface area (Å²) >= 11 is 0. The minimum Gasteiger partial charge on any atom is -0.465 e. The molecule has 0 heterocycles. The zero-order chi connectivity index (χ0) is 19.4. The lowest BCUT2D eigenvalue weighted by Crippen LogP contribution is -2.54. The Morgan fingerprint density at radius 3 is 2.00 bits per heavy atom. The molecule has 0 aliphatic rings. The number of aliphatic hydroxyl groups excluding tert-OH is 1. The Balaban J connectivity index is 3.29. The molecule has 2 N–H and O–H groups in total. The lowest BCUT2D eigenvalue weighted by atomic mass is 9.85. The van der Waals surface area contributed by atoms with Crippen molar-refractivity contribution in [1.29, 1.82) is 0 Å². The lowest BCUT2D eigenvalue weighted by Gasteiger charge is -2.42. The maximum atomic E-state index is 12.8. The highest BCUT2D eigenvalue weighted by atomic mass is 19.4. The van der Waals surface area contributed by atoms with Gasteiger partial charge in [-0.1, -0.05) is 25.5 Å². The van der Waals surface area contributed by atoms with E-state index in [1.165, 1.54) is 17.0 Å². The van der Waals surface area contributed by atoms with Gasteiger partial charge in [-0.25, -0.2) is 4.79 Å². The monoisotopic (exact) mass is 361 g/mol. The van der Waals surface area contributed by atoms with Gasteiger partial charge in [0.05, 0.1) is 18.2 Å². The summed E-state index contributed by atoms with van der Waals surface area (Å²) in [5.41, 5.74) is -0.917. The normalized spacial score (nSPS) is 14.9. The van der Waals surface area contributed by atoms with Crippen molar-refractivity contribution in [2.45, 2.75) is 64.2 Å². The highest BCUT2D eigenvalue weighted by Gasteiger charge is 2.38. The van der Waals surface area contributed by atoms with E-state index in [4.69, 9.17) is 0 Å². The van der Waals surface area contributed by atoms with Crippen molar-refractivity contribution in [1.82, 2.24) is 4.90 Å². The second kappa shape index (κ2) is 8.08. The average molecular weight is 361 g/mol. The number of aliphatic hydroxyl groups is 1. The second-order valence-corrected chi connectivity index (χ2v) is 7.09. The summed E-state index contributed by atoms with van der Waals surface area (Å²) in [5, 5.41) is 19.5. The first kappa shape index (κ1) is 21.3. The van der Waals surface area contributed by atoms with E-state index in [1.54, 1.807) is 20.8 Å². The molecule has 1 rings (SSSR count). The molecule has 2 atom stereocenters. The van der Waals surface area contributed by atoms with Crippen molar-refractivity contribution in [3.63, 3.8) is 0 Å². The number of carboxylic acid groups (broad SMARTS) is 1. The minimum atomic E-state index is -4.42. The number of hydrogen-bond donors (Lipinski definition) is 2. The zero-order valence-corrected chi connectivity index (χ0v) is 15.0. The molecule has 0 saturated carbocycles. The lowest BCUT2D eigenvalue weighted by molar-refractivity contribution is -0.137. The highest BCUT2D eigenvalue weighted by molar-refractivity contribution is 5.66. The van der Waals surface area contributed by atoms with E-state index in [1.807, 2.05) is 6.92 Å². The van der Waals surface area contributed by atoms with E-state index in [2.05, 4.69) is 0 Å². The summed E-state index contributed by atoms with van der Waals surface area (Å²) in [4.78, 5) is 12.9. The van der Waals surface area contributed by atoms with Crippen LogP contribution in [0.5, 0.6) is 0 Å². The quantitative estimate of drug-likeness (QED) is 0.770. The minimum absolute atomic E-state index is 0.396. The molecule has 1 amide bonds. The number of rotatable bonds is 6. The van der Waals surface area contributed by atoms with Crippen LogP contribution in [-0.4, -0.2) is 39.4 Å². The molecule has 1 aromatic carbocycles. The van der Waals surface area contributed by atoms with Crippen LogP contribution in [0, 0.1) is 0 Å². The van der Waals surface area contributed by atoms with Crippen molar-refractivity contribution < 1.29 is 28.2 Å². The fraction of sp³-hybridized carbons (Fsp3) is 0.611. The zero-order valence-electron chi connectivity index (χ0n) is 15.0. The third-order valence-electron chi connectivity index (χ3n) is 4.18. The topological polar surface area (TPSA) is 60.8 Å². The molecule has 142 valence electrons. The maximum absolute atomic E-state index is 12.8. The largest absolute Gasteiger partial charge is 0.465 e. The fourth-order valence-electron chi connectivity index (χ4n) is 3.13. The van der Waals surface area contributed by atoms with E-state index in [0.29, 0.717) is 18.4 Å². The van der Waals surface area contributed by atoms with Gasteiger partial charge in [0.1, 0.15) is 0 Å². The van der Waals surface area contributed by atoms with Gasteiger partial charge >= 0.3 is 12.3 Å². The van der Waals surface area contributed by atoms with Gasteiger partial charge in [0.15, 0.2) is 0 Å². The third kappa shape index (κ3) is 5.36. The molecule has 0 unspecified atom stereocenters. The van der Waals surface area contributed by atoms with Crippen LogP contribution in [0.2, 0.25) is 0 Å². The van der Waals surface area contributed by atoms with Crippen LogP contribution in [0.25, 0.3) is 0 Å². The first-order valence-corrected chi connectivity index (χ1v) is 8.23. The molecule has 25 heavy (non-hydrogen) atoms. The molecule has 1 aromatic rings. The second-order valence-electron chi connectivity index (χ2n) is 7.09. The van der Waals surface area contributed by atoms with Crippen LogP contribution in [-0.2, 0) is 6.18 Å². The van der Waals surface area contributed by atoms with Crippen molar-refractivity contribution in [3.8, 4) is 0 Å². The predicted molar refractivity (Wildman–Crippen MR) is 89.6 cm³/mol. The molecular formula is C18H26F3NO3. The highest BCUT2D eigenvalue weighted by Crippen LogP contribution is 2.34. The van der Waals surface area contributed by atoms with Gasteiger partial charge in [-0.3, -0.25) is 4.90 Å². The van der Waals surface area contributed by atoms with Crippen LogP contribution in [0.4, 0.5) is 18.0 Å². The summed E-state index contributed by atoms with van der Waals surface area (Å²) in [6.07, 6.45) is -4.33. The van der Waals surface area contributed by atoms with E-state index in [-0.39, 0.29) is 0 Å². The van der Waals surface area contributed by atoms with Gasteiger partial charge in [-0.2, -0.15) is 13.2 Å². The van der Waals surface area contributed by atoms with Crippen molar-refractivity contribution >= 4 is 6.09 Å². The smallest absolute Gasteiger partial charge is 0.416 e. The Kier molecular flexibility index (Phi) is 6.88. The molecular weight excluding hydrogens is 335 g/mol. The molecule has 7 heteroatoms. The Morgan fingerprint density at radius 2 is 1.68 bits per heavy atom. The van der Waals surface area contributed by atoms with Gasteiger partial charge in [0.25, 0.3) is 0 Å². The molecule has 4 nitrogen and oxygen atoms in total. The van der Waals surface area contributed by atoms with Crippen LogP contribution in [0.1, 0.15) is 57.6 Å². The molecule has 0 bridgehead atoms. The standard InChI is InChI=1S/C18H26F3NO3/c1-5-6-14(12-7-9-13(10-8-12)18(19,20)21)15(11-23)22(16(24)25)17(2,3)4/h7-10,14-15,23H,5-6,11H2,1-4H3,(H,24,25)/t14-,15+/m0/s1. The van der Waals surface area contributed by atoms with E-state index < -0.39 is 41.9 Å². The van der Waals surface area contributed by atoms with Crippen molar-refractivity contribution in [2.75, 3.05) is 6.61 Å². The molecule has 0 aliphatic heterocycles. The van der Waals surface area contributed by atoms with E-state index in [0.717, 1.165) is 12.1 Å². The molecule has 0 radical (unpaired) electrons. The van der Waals surface area contributed by atoms with Crippen LogP contribution >= 0.6 is 0 Å². The summed E-state index contributed by atoms with van der Waals surface area (Å²) < 4.78 is 38.3. The number of carbonyl (C=O) groups is 1. The summed E-state index contributed by atoms with van der Waals surface area (Å²) in [7, 11) is 0. The molecule has 0 aliphatic carbocycles. The van der Waals surface area contributed by atoms with E-state index in [9.17, 15) is 28.2 Å². The number of halogens is 3. The van der Waals surface area contributed by atoms with E-state index >= 15 is 0 Å². The summed E-state index contributed by atoms with van der Waals surface area (Å²) in [6, 6.07) is 3.99. The van der Waals surface area contributed by atoms with Crippen LogP contribution in [0.3, 0.4) is 0 Å². The predicted octanol–water partition coefficient (Wildman–Crippen LogP) is 4.73. The third-order valence-corrected chi connectivity index (χ3v) is 4.18. The van der Waals surface area contributed by atoms with Gasteiger partial charge < -0.3 is 10.2 Å². The average Bonchev–Trinajstić information content (AvgIpc) is 2.48. The van der Waals surface area contributed by atoms with Gasteiger partial charge in [-0.15, -0.1) is 0 Å². The maximum Gasteiger partial charge on any atom is 0.416 e. The Hall–Kier alpha value is -1.76. The molecule has 0 spiro atoms. The number of alkyl halides is 3. The van der Waals surface area contributed by atoms with Gasteiger partial charge in [-0.05, 0) is 44.9 Å². The molecule has 0 fully saturated rings. The van der Waals surface area contributed by atoms with Crippen molar-refractivity contribution in [2.24, 2.45) is 0 Å². The first-order chi connectivity index (χ1) is 11.4. The number of hydrogen-bond acceptors (Lipinski definition) is 2.